The SMILES string of the molecule is CC[Si](C)(C)c1cccc(Oc2ccc(CC(=O)Nc3c(OC)nc(N4CCC(N(C)C)CC4=O)nc3OC)o2)c1. The van der Waals surface area contributed by atoms with Crippen molar-refractivity contribution in [2.24, 2.45) is 0 Å². The second-order valence-corrected chi connectivity index (χ2v) is 15.9. The van der Waals surface area contributed by atoms with Crippen LogP contribution in [-0.4, -0.2) is 75.7 Å². The quantitative estimate of drug-likeness (QED) is 0.335. The molecule has 1 aliphatic heterocycles. The Kier molecular flexibility index (Phi) is 9.34. The molecule has 1 unspecified atom stereocenters. The highest BCUT2D eigenvalue weighted by Crippen LogP contribution is 2.35. The van der Waals surface area contributed by atoms with E-state index in [9.17, 15) is 9.59 Å². The lowest BCUT2D eigenvalue weighted by Gasteiger charge is -2.33. The molecule has 11 nitrogen and oxygen atoms in total. The molecule has 4 rings (SSSR count). The van der Waals surface area contributed by atoms with E-state index in [1.807, 2.05) is 31.1 Å². The van der Waals surface area contributed by atoms with Crippen LogP contribution in [0.2, 0.25) is 19.1 Å². The summed E-state index contributed by atoms with van der Waals surface area (Å²) in [5.74, 6) is 1.27. The Morgan fingerprint density at radius 1 is 1.15 bits per heavy atom. The first-order valence-corrected chi connectivity index (χ1v) is 16.9. The monoisotopic (exact) mass is 581 g/mol. The molecule has 2 amide bonds. The normalized spacial score (nSPS) is 15.7. The molecule has 0 radical (unpaired) electrons. The van der Waals surface area contributed by atoms with Crippen LogP contribution in [0.3, 0.4) is 0 Å². The highest BCUT2D eigenvalue weighted by molar-refractivity contribution is 6.89. The van der Waals surface area contributed by atoms with E-state index in [2.05, 4.69) is 47.4 Å². The molecule has 1 fully saturated rings. The second kappa shape index (κ2) is 12.7. The van der Waals surface area contributed by atoms with Gasteiger partial charge in [0.1, 0.15) is 11.5 Å². The fourth-order valence-electron chi connectivity index (χ4n) is 4.55. The van der Waals surface area contributed by atoms with Gasteiger partial charge in [0.15, 0.2) is 5.69 Å². The summed E-state index contributed by atoms with van der Waals surface area (Å²) in [6, 6.07) is 12.8. The van der Waals surface area contributed by atoms with Crippen molar-refractivity contribution in [1.82, 2.24) is 14.9 Å². The predicted octanol–water partition coefficient (Wildman–Crippen LogP) is 4.05. The third-order valence-corrected chi connectivity index (χ3v) is 11.2. The maximum absolute atomic E-state index is 13.0. The Balaban J connectivity index is 1.44. The van der Waals surface area contributed by atoms with Gasteiger partial charge in [-0.15, -0.1) is 0 Å². The number of nitrogens with zero attached hydrogens (tertiary/aromatic N) is 4. The Labute approximate surface area is 241 Å². The van der Waals surface area contributed by atoms with Crippen LogP contribution >= 0.6 is 0 Å². The first kappa shape index (κ1) is 30.1. The Morgan fingerprint density at radius 2 is 1.85 bits per heavy atom. The van der Waals surface area contributed by atoms with Crippen molar-refractivity contribution in [1.29, 1.82) is 0 Å². The minimum absolute atomic E-state index is 0.0657. The number of hydrogen-bond donors (Lipinski definition) is 1. The number of aromatic nitrogens is 2. The van der Waals surface area contributed by atoms with Gasteiger partial charge in [-0.3, -0.25) is 14.5 Å². The number of piperidine rings is 1. The number of ether oxygens (including phenoxy) is 3. The van der Waals surface area contributed by atoms with Crippen LogP contribution in [-0.2, 0) is 16.0 Å². The van der Waals surface area contributed by atoms with E-state index in [4.69, 9.17) is 18.6 Å². The smallest absolute Gasteiger partial charge is 0.290 e. The van der Waals surface area contributed by atoms with Crippen molar-refractivity contribution in [3.8, 4) is 23.5 Å². The molecule has 0 bridgehead atoms. The van der Waals surface area contributed by atoms with E-state index >= 15 is 0 Å². The number of rotatable bonds is 11. The van der Waals surface area contributed by atoms with Gasteiger partial charge >= 0.3 is 0 Å². The molecule has 3 aromatic rings. The maximum atomic E-state index is 13.0. The summed E-state index contributed by atoms with van der Waals surface area (Å²) in [4.78, 5) is 38.2. The molecule has 1 atom stereocenters. The molecule has 220 valence electrons. The van der Waals surface area contributed by atoms with Crippen LogP contribution in [0, 0.1) is 0 Å². The summed E-state index contributed by atoms with van der Waals surface area (Å²) in [6.45, 7) is 7.33. The van der Waals surface area contributed by atoms with Gasteiger partial charge in [-0.2, -0.15) is 9.97 Å². The number of furan rings is 1. The molecule has 0 saturated carbocycles. The zero-order valence-corrected chi connectivity index (χ0v) is 25.8. The van der Waals surface area contributed by atoms with Crippen LogP contribution in [0.5, 0.6) is 23.5 Å². The first-order valence-electron chi connectivity index (χ1n) is 13.7. The van der Waals surface area contributed by atoms with Crippen molar-refractivity contribution < 1.29 is 28.2 Å². The van der Waals surface area contributed by atoms with Crippen molar-refractivity contribution in [3.63, 3.8) is 0 Å². The Bertz CT molecular complexity index is 1370. The molecule has 2 aromatic heterocycles. The molecule has 0 aliphatic carbocycles. The topological polar surface area (TPSA) is 119 Å². The van der Waals surface area contributed by atoms with Crippen molar-refractivity contribution in [3.05, 3.63) is 42.2 Å². The van der Waals surface area contributed by atoms with Crippen LogP contribution in [0.25, 0.3) is 0 Å². The minimum atomic E-state index is -1.51. The second-order valence-electron chi connectivity index (χ2n) is 10.9. The number of benzene rings is 1. The van der Waals surface area contributed by atoms with Crippen LogP contribution in [0.15, 0.2) is 40.8 Å². The van der Waals surface area contributed by atoms with E-state index in [1.165, 1.54) is 24.3 Å². The maximum Gasteiger partial charge on any atom is 0.290 e. The standard InChI is InChI=1S/C29H39N5O6Si/c1-8-41(6,7)22-11-9-10-20(17-22)39-25-13-12-21(40-25)18-23(35)30-26-27(37-4)31-29(32-28(26)38-5)34-15-14-19(33(2)3)16-24(34)36/h9-13,17,19H,8,14-16,18H2,1-7H3,(H,30,35). The van der Waals surface area contributed by atoms with Crippen molar-refractivity contribution in [2.75, 3.05) is 45.1 Å². The van der Waals surface area contributed by atoms with Gasteiger partial charge in [0.25, 0.3) is 5.95 Å². The molecule has 3 heterocycles. The molecular weight excluding hydrogens is 542 g/mol. The third-order valence-electron chi connectivity index (χ3n) is 7.54. The zero-order valence-electron chi connectivity index (χ0n) is 24.8. The van der Waals surface area contributed by atoms with Gasteiger partial charge in [0.2, 0.25) is 29.5 Å². The first-order chi connectivity index (χ1) is 19.5. The fourth-order valence-corrected chi connectivity index (χ4v) is 6.04. The molecule has 1 N–H and O–H groups in total. The van der Waals surface area contributed by atoms with Gasteiger partial charge in [-0.05, 0) is 38.7 Å². The molecule has 0 spiro atoms. The average molecular weight is 582 g/mol. The molecule has 1 saturated heterocycles. The fraction of sp³-hybridized carbons (Fsp3) is 0.448. The summed E-state index contributed by atoms with van der Waals surface area (Å²) >= 11 is 0. The van der Waals surface area contributed by atoms with E-state index in [0.717, 1.165) is 12.5 Å². The molecule has 1 aromatic carbocycles. The van der Waals surface area contributed by atoms with Crippen molar-refractivity contribution >= 4 is 36.7 Å². The zero-order chi connectivity index (χ0) is 29.7. The summed E-state index contributed by atoms with van der Waals surface area (Å²) in [7, 11) is 5.26. The molecular formula is C29H39N5O6Si. The molecule has 12 heteroatoms. The van der Waals surface area contributed by atoms with Gasteiger partial charge in [-0.1, -0.05) is 43.4 Å². The largest absolute Gasteiger partial charge is 0.479 e. The van der Waals surface area contributed by atoms with Gasteiger partial charge in [0.05, 0.1) is 28.7 Å². The summed E-state index contributed by atoms with van der Waals surface area (Å²) in [6.07, 6.45) is 1.08. The van der Waals surface area contributed by atoms with E-state index in [-0.39, 0.29) is 47.7 Å². The summed E-state index contributed by atoms with van der Waals surface area (Å²) < 4.78 is 22.6. The van der Waals surface area contributed by atoms with Crippen LogP contribution in [0.4, 0.5) is 11.6 Å². The number of hydrogen-bond acceptors (Lipinski definition) is 9. The number of nitrogens with one attached hydrogen (secondary N) is 1. The number of amides is 2. The highest BCUT2D eigenvalue weighted by atomic mass is 28.3. The molecule has 1 aliphatic rings. The van der Waals surface area contributed by atoms with Gasteiger partial charge in [0, 0.05) is 25.1 Å². The van der Waals surface area contributed by atoms with Gasteiger partial charge in [-0.25, -0.2) is 0 Å². The molecule has 41 heavy (non-hydrogen) atoms. The minimum Gasteiger partial charge on any atom is -0.479 e. The number of methoxy groups -OCH3 is 2. The van der Waals surface area contributed by atoms with Crippen molar-refractivity contribution in [2.45, 2.75) is 51.4 Å². The van der Waals surface area contributed by atoms with E-state index < -0.39 is 8.07 Å². The van der Waals surface area contributed by atoms with Crippen LogP contribution in [0.1, 0.15) is 25.5 Å². The van der Waals surface area contributed by atoms with Gasteiger partial charge < -0.3 is 28.8 Å². The summed E-state index contributed by atoms with van der Waals surface area (Å²) in [5, 5.41) is 4.07. The number of anilines is 2. The summed E-state index contributed by atoms with van der Waals surface area (Å²) in [5.41, 5.74) is 0.168. The van der Waals surface area contributed by atoms with Crippen LogP contribution < -0.4 is 29.6 Å². The van der Waals surface area contributed by atoms with E-state index in [1.54, 1.807) is 12.1 Å². The lowest BCUT2D eigenvalue weighted by Crippen LogP contribution is -2.46. The Hall–Kier alpha value is -3.90. The highest BCUT2D eigenvalue weighted by Gasteiger charge is 2.31. The third kappa shape index (κ3) is 7.06. The number of carbonyl (C=O) groups excluding carboxylic acids is 2. The number of carbonyl (C=O) groups is 2. The predicted molar refractivity (Wildman–Crippen MR) is 159 cm³/mol. The lowest BCUT2D eigenvalue weighted by molar-refractivity contribution is -0.121. The lowest BCUT2D eigenvalue weighted by atomic mass is 10.0. The average Bonchev–Trinajstić information content (AvgIpc) is 3.39. The Morgan fingerprint density at radius 3 is 2.46 bits per heavy atom. The van der Waals surface area contributed by atoms with E-state index in [0.29, 0.717) is 30.4 Å².